The van der Waals surface area contributed by atoms with Crippen LogP contribution in [0.5, 0.6) is 0 Å². The molecule has 0 bridgehead atoms. The Morgan fingerprint density at radius 1 is 1.30 bits per heavy atom. The van der Waals surface area contributed by atoms with Crippen molar-refractivity contribution in [3.05, 3.63) is 34.9 Å². The molecule has 2 rings (SSSR count). The number of rotatable bonds is 4. The monoisotopic (exact) mass is 296 g/mol. The number of ether oxygens (including phenoxy) is 1. The van der Waals surface area contributed by atoms with Gasteiger partial charge in [0.2, 0.25) is 0 Å². The van der Waals surface area contributed by atoms with Crippen molar-refractivity contribution in [1.29, 1.82) is 0 Å². The number of benzene rings is 1. The third-order valence-corrected chi connectivity index (χ3v) is 4.19. The standard InChI is InChI=1S/C16H22ClNO2/c1-18(2)11-12-7-3-6-10-15(12)20-16(19)13-8-4-5-9-14(13)17/h4-5,8-9,12,15H,3,6-7,10-11H2,1-2H3/p+1/t12-,15+/m1/s1. The van der Waals surface area contributed by atoms with Crippen molar-refractivity contribution in [2.75, 3.05) is 20.6 Å². The van der Waals surface area contributed by atoms with Crippen LogP contribution in [0, 0.1) is 5.92 Å². The maximum atomic E-state index is 12.3. The minimum absolute atomic E-state index is 0.0300. The van der Waals surface area contributed by atoms with Crippen LogP contribution in [-0.2, 0) is 4.74 Å². The summed E-state index contributed by atoms with van der Waals surface area (Å²) >= 11 is 6.05. The first kappa shape index (κ1) is 15.3. The summed E-state index contributed by atoms with van der Waals surface area (Å²) in [6.07, 6.45) is 4.51. The van der Waals surface area contributed by atoms with Crippen LogP contribution in [0.4, 0.5) is 0 Å². The van der Waals surface area contributed by atoms with E-state index < -0.39 is 0 Å². The van der Waals surface area contributed by atoms with Crippen LogP contribution in [0.2, 0.25) is 5.02 Å². The quantitative estimate of drug-likeness (QED) is 0.864. The molecule has 110 valence electrons. The van der Waals surface area contributed by atoms with Crippen molar-refractivity contribution in [1.82, 2.24) is 0 Å². The van der Waals surface area contributed by atoms with Gasteiger partial charge in [-0.05, 0) is 31.4 Å². The number of hydrogen-bond acceptors (Lipinski definition) is 2. The number of nitrogens with one attached hydrogen (secondary N) is 1. The molecule has 0 unspecified atom stereocenters. The summed E-state index contributed by atoms with van der Waals surface area (Å²) < 4.78 is 5.74. The Hall–Kier alpha value is -1.06. The second-order valence-corrected chi connectivity index (χ2v) is 6.29. The lowest BCUT2D eigenvalue weighted by Gasteiger charge is -2.31. The van der Waals surface area contributed by atoms with Crippen LogP contribution in [0.1, 0.15) is 36.0 Å². The number of carbonyl (C=O) groups excluding carboxylic acids is 1. The third kappa shape index (κ3) is 3.97. The molecule has 0 saturated heterocycles. The molecular weight excluding hydrogens is 274 g/mol. The van der Waals surface area contributed by atoms with Gasteiger partial charge in [-0.2, -0.15) is 0 Å². The number of esters is 1. The number of hydrogen-bond donors (Lipinski definition) is 1. The molecular formula is C16H23ClNO2+. The second kappa shape index (κ2) is 7.09. The summed E-state index contributed by atoms with van der Waals surface area (Å²) in [5.41, 5.74) is 0.468. The molecule has 1 aliphatic rings. The molecule has 3 nitrogen and oxygen atoms in total. The summed E-state index contributed by atoms with van der Waals surface area (Å²) in [5.74, 6) is 0.168. The Bertz CT molecular complexity index is 462. The van der Waals surface area contributed by atoms with E-state index in [4.69, 9.17) is 16.3 Å². The molecule has 0 spiro atoms. The highest BCUT2D eigenvalue weighted by molar-refractivity contribution is 6.33. The van der Waals surface area contributed by atoms with Crippen molar-refractivity contribution in [3.8, 4) is 0 Å². The summed E-state index contributed by atoms with van der Waals surface area (Å²) in [6, 6.07) is 7.07. The molecule has 0 aliphatic heterocycles. The van der Waals surface area contributed by atoms with Crippen molar-refractivity contribution < 1.29 is 14.4 Å². The molecule has 2 atom stereocenters. The van der Waals surface area contributed by atoms with E-state index in [0.29, 0.717) is 16.5 Å². The highest BCUT2D eigenvalue weighted by Gasteiger charge is 2.30. The smallest absolute Gasteiger partial charge is 0.339 e. The molecule has 1 fully saturated rings. The average molecular weight is 297 g/mol. The molecule has 1 aliphatic carbocycles. The predicted octanol–water partition coefficient (Wildman–Crippen LogP) is 2.20. The zero-order chi connectivity index (χ0) is 14.5. The van der Waals surface area contributed by atoms with Crippen LogP contribution < -0.4 is 4.90 Å². The largest absolute Gasteiger partial charge is 0.458 e. The Morgan fingerprint density at radius 2 is 2.00 bits per heavy atom. The first-order chi connectivity index (χ1) is 9.58. The van der Waals surface area contributed by atoms with E-state index in [9.17, 15) is 4.79 Å². The molecule has 1 aromatic rings. The van der Waals surface area contributed by atoms with Gasteiger partial charge in [-0.3, -0.25) is 0 Å². The van der Waals surface area contributed by atoms with Gasteiger partial charge in [0.1, 0.15) is 6.10 Å². The summed E-state index contributed by atoms with van der Waals surface area (Å²) in [5, 5.41) is 0.461. The van der Waals surface area contributed by atoms with Gasteiger partial charge in [-0.15, -0.1) is 0 Å². The fourth-order valence-corrected chi connectivity index (χ4v) is 3.13. The lowest BCUT2D eigenvalue weighted by molar-refractivity contribution is -0.862. The SMILES string of the molecule is C[NH+](C)C[C@H]1CCCC[C@@H]1OC(=O)c1ccccc1Cl. The Labute approximate surface area is 125 Å². The van der Waals surface area contributed by atoms with Crippen LogP contribution in [-0.4, -0.2) is 32.7 Å². The van der Waals surface area contributed by atoms with Crippen LogP contribution >= 0.6 is 11.6 Å². The molecule has 0 radical (unpaired) electrons. The molecule has 1 aromatic carbocycles. The summed E-state index contributed by atoms with van der Waals surface area (Å²) in [6.45, 7) is 1.04. The van der Waals surface area contributed by atoms with Crippen LogP contribution in [0.25, 0.3) is 0 Å². The third-order valence-electron chi connectivity index (χ3n) is 3.86. The van der Waals surface area contributed by atoms with E-state index in [1.54, 1.807) is 12.1 Å². The second-order valence-electron chi connectivity index (χ2n) is 5.88. The van der Waals surface area contributed by atoms with Crippen molar-refractivity contribution >= 4 is 17.6 Å². The Morgan fingerprint density at radius 3 is 2.70 bits per heavy atom. The average Bonchev–Trinajstić information content (AvgIpc) is 2.41. The highest BCUT2D eigenvalue weighted by Crippen LogP contribution is 2.27. The topological polar surface area (TPSA) is 30.7 Å². The lowest BCUT2D eigenvalue weighted by Crippen LogP contribution is -3.06. The molecule has 0 amide bonds. The zero-order valence-electron chi connectivity index (χ0n) is 12.2. The molecule has 1 N–H and O–H groups in total. The van der Waals surface area contributed by atoms with Gasteiger partial charge in [-0.25, -0.2) is 4.79 Å². The van der Waals surface area contributed by atoms with Gasteiger partial charge in [0.05, 0.1) is 31.2 Å². The minimum atomic E-state index is -0.291. The van der Waals surface area contributed by atoms with Gasteiger partial charge in [0.25, 0.3) is 0 Å². The van der Waals surface area contributed by atoms with Crippen LogP contribution in [0.15, 0.2) is 24.3 Å². The Balaban J connectivity index is 2.03. The van der Waals surface area contributed by atoms with Gasteiger partial charge >= 0.3 is 5.97 Å². The molecule has 20 heavy (non-hydrogen) atoms. The molecule has 4 heteroatoms. The number of halogens is 1. The molecule has 0 heterocycles. The zero-order valence-corrected chi connectivity index (χ0v) is 13.0. The fourth-order valence-electron chi connectivity index (χ4n) is 2.91. The van der Waals surface area contributed by atoms with Gasteiger partial charge < -0.3 is 9.64 Å². The van der Waals surface area contributed by atoms with Crippen LogP contribution in [0.3, 0.4) is 0 Å². The van der Waals surface area contributed by atoms with Crippen molar-refractivity contribution in [3.63, 3.8) is 0 Å². The van der Waals surface area contributed by atoms with E-state index in [0.717, 1.165) is 25.8 Å². The molecule has 0 aromatic heterocycles. The predicted molar refractivity (Wildman–Crippen MR) is 80.3 cm³/mol. The van der Waals surface area contributed by atoms with E-state index in [1.807, 2.05) is 12.1 Å². The summed E-state index contributed by atoms with van der Waals surface area (Å²) in [7, 11) is 4.28. The van der Waals surface area contributed by atoms with Crippen molar-refractivity contribution in [2.45, 2.75) is 31.8 Å². The van der Waals surface area contributed by atoms with E-state index in [-0.39, 0.29) is 12.1 Å². The maximum absolute atomic E-state index is 12.3. The normalized spacial score (nSPS) is 22.8. The van der Waals surface area contributed by atoms with Gasteiger partial charge in [0, 0.05) is 5.92 Å². The first-order valence-electron chi connectivity index (χ1n) is 7.32. The van der Waals surface area contributed by atoms with Crippen molar-refractivity contribution in [2.24, 2.45) is 5.92 Å². The first-order valence-corrected chi connectivity index (χ1v) is 7.70. The Kier molecular flexibility index (Phi) is 5.44. The van der Waals surface area contributed by atoms with E-state index in [1.165, 1.54) is 11.3 Å². The van der Waals surface area contributed by atoms with E-state index >= 15 is 0 Å². The number of quaternary nitrogens is 1. The highest BCUT2D eigenvalue weighted by atomic mass is 35.5. The maximum Gasteiger partial charge on any atom is 0.339 e. The van der Waals surface area contributed by atoms with E-state index in [2.05, 4.69) is 14.1 Å². The van der Waals surface area contributed by atoms with Gasteiger partial charge in [-0.1, -0.05) is 30.2 Å². The fraction of sp³-hybridized carbons (Fsp3) is 0.562. The number of carbonyl (C=O) groups is 1. The summed E-state index contributed by atoms with van der Waals surface area (Å²) in [4.78, 5) is 13.7. The van der Waals surface area contributed by atoms with Gasteiger partial charge in [0.15, 0.2) is 0 Å². The minimum Gasteiger partial charge on any atom is -0.458 e. The lowest BCUT2D eigenvalue weighted by atomic mass is 9.86. The molecule has 1 saturated carbocycles.